The summed E-state index contributed by atoms with van der Waals surface area (Å²) in [5, 5.41) is 5.91. The minimum Gasteiger partial charge on any atom is -0.353 e. The van der Waals surface area contributed by atoms with Gasteiger partial charge in [0.2, 0.25) is 5.91 Å². The van der Waals surface area contributed by atoms with Crippen LogP contribution in [0.25, 0.3) is 0 Å². The molecule has 1 aromatic rings. The van der Waals surface area contributed by atoms with Gasteiger partial charge in [0, 0.05) is 6.54 Å². The lowest BCUT2D eigenvalue weighted by Gasteiger charge is -2.42. The summed E-state index contributed by atoms with van der Waals surface area (Å²) in [4.78, 5) is 42.2. The van der Waals surface area contributed by atoms with Crippen molar-refractivity contribution >= 4 is 17.8 Å². The SMILES string of the molecule is CCN(CC)C(CNC(=O)CN1C(=O)NC2(CCC(C(C)(C)CC)CC2)C1=O)c1ccccc1. The molecule has 1 saturated heterocycles. The Kier molecular flexibility index (Phi) is 8.39. The minimum atomic E-state index is -0.842. The number of amides is 4. The Morgan fingerprint density at radius 1 is 1.15 bits per heavy atom. The molecule has 0 aromatic heterocycles. The molecule has 1 spiro atoms. The van der Waals surface area contributed by atoms with E-state index in [1.807, 2.05) is 18.2 Å². The predicted molar refractivity (Wildman–Crippen MR) is 134 cm³/mol. The lowest BCUT2D eigenvalue weighted by atomic mass is 9.65. The molecule has 2 fully saturated rings. The van der Waals surface area contributed by atoms with Crippen LogP contribution in [-0.2, 0) is 9.59 Å². The Bertz CT molecular complexity index is 858. The van der Waals surface area contributed by atoms with E-state index in [9.17, 15) is 14.4 Å². The van der Waals surface area contributed by atoms with E-state index >= 15 is 0 Å². The number of benzene rings is 1. The molecule has 2 N–H and O–H groups in total. The van der Waals surface area contributed by atoms with Gasteiger partial charge < -0.3 is 10.6 Å². The maximum Gasteiger partial charge on any atom is 0.325 e. The lowest BCUT2D eigenvalue weighted by molar-refractivity contribution is -0.136. The van der Waals surface area contributed by atoms with Gasteiger partial charge in [-0.25, -0.2) is 4.79 Å². The van der Waals surface area contributed by atoms with Crippen LogP contribution in [0.4, 0.5) is 4.79 Å². The zero-order chi connectivity index (χ0) is 24.9. The van der Waals surface area contributed by atoms with Crippen molar-refractivity contribution < 1.29 is 14.4 Å². The summed E-state index contributed by atoms with van der Waals surface area (Å²) >= 11 is 0. The van der Waals surface area contributed by atoms with Crippen molar-refractivity contribution in [1.29, 1.82) is 0 Å². The minimum absolute atomic E-state index is 0.0341. The van der Waals surface area contributed by atoms with Crippen molar-refractivity contribution in [3.8, 4) is 0 Å². The molecule has 1 atom stereocenters. The monoisotopic (exact) mass is 470 g/mol. The summed E-state index contributed by atoms with van der Waals surface area (Å²) in [5.41, 5.74) is 0.519. The predicted octanol–water partition coefficient (Wildman–Crippen LogP) is 4.10. The van der Waals surface area contributed by atoms with Gasteiger partial charge in [-0.15, -0.1) is 0 Å². The van der Waals surface area contributed by atoms with Crippen LogP contribution in [0.15, 0.2) is 30.3 Å². The normalized spacial score (nSPS) is 23.9. The fourth-order valence-corrected chi connectivity index (χ4v) is 5.55. The number of carbonyl (C=O) groups is 3. The third-order valence-corrected chi connectivity index (χ3v) is 8.33. The first-order chi connectivity index (χ1) is 16.2. The van der Waals surface area contributed by atoms with Crippen molar-refractivity contribution in [2.45, 2.75) is 78.3 Å². The average Bonchev–Trinajstić information content (AvgIpc) is 3.06. The van der Waals surface area contributed by atoms with Crippen LogP contribution in [-0.4, -0.2) is 59.4 Å². The molecule has 1 unspecified atom stereocenters. The van der Waals surface area contributed by atoms with Crippen molar-refractivity contribution in [3.05, 3.63) is 35.9 Å². The van der Waals surface area contributed by atoms with Crippen molar-refractivity contribution in [2.75, 3.05) is 26.2 Å². The number of carbonyl (C=O) groups excluding carboxylic acids is 3. The third kappa shape index (κ3) is 5.45. The summed E-state index contributed by atoms with van der Waals surface area (Å²) < 4.78 is 0. The van der Waals surface area contributed by atoms with E-state index < -0.39 is 11.6 Å². The van der Waals surface area contributed by atoms with Gasteiger partial charge in [0.05, 0.1) is 6.04 Å². The van der Waals surface area contributed by atoms with Crippen LogP contribution >= 0.6 is 0 Å². The molecule has 7 nitrogen and oxygen atoms in total. The zero-order valence-corrected chi connectivity index (χ0v) is 21.5. The van der Waals surface area contributed by atoms with Gasteiger partial charge in [-0.1, -0.05) is 71.4 Å². The van der Waals surface area contributed by atoms with Crippen LogP contribution < -0.4 is 10.6 Å². The summed E-state index contributed by atoms with van der Waals surface area (Å²) in [6, 6.07) is 9.68. The van der Waals surface area contributed by atoms with Crippen LogP contribution in [0.5, 0.6) is 0 Å². The molecular formula is C27H42N4O3. The number of nitrogens with one attached hydrogen (secondary N) is 2. The maximum atomic E-state index is 13.3. The molecule has 34 heavy (non-hydrogen) atoms. The highest BCUT2D eigenvalue weighted by Crippen LogP contribution is 2.45. The summed E-state index contributed by atoms with van der Waals surface area (Å²) in [7, 11) is 0. The molecule has 4 amide bonds. The van der Waals surface area contributed by atoms with E-state index in [2.05, 4.69) is 62.3 Å². The summed E-state index contributed by atoms with van der Waals surface area (Å²) in [6.07, 6.45) is 4.20. The molecule has 188 valence electrons. The fraction of sp³-hybridized carbons (Fsp3) is 0.667. The highest BCUT2D eigenvalue weighted by molar-refractivity contribution is 6.09. The standard InChI is InChI=1S/C27H42N4O3/c1-6-26(4,5)21-14-16-27(17-15-21)24(33)31(25(34)29-27)19-23(32)28-18-22(30(7-2)8-3)20-12-10-9-11-13-20/h9-13,21-22H,6-8,14-19H2,1-5H3,(H,28,32)(H,29,34). The molecule has 1 aromatic carbocycles. The zero-order valence-electron chi connectivity index (χ0n) is 21.5. The molecule has 1 heterocycles. The Hall–Kier alpha value is -2.41. The van der Waals surface area contributed by atoms with Gasteiger partial charge in [0.25, 0.3) is 5.91 Å². The second-order valence-electron chi connectivity index (χ2n) is 10.5. The number of hydrogen-bond acceptors (Lipinski definition) is 4. The van der Waals surface area contributed by atoms with Gasteiger partial charge in [0.1, 0.15) is 12.1 Å². The van der Waals surface area contributed by atoms with Crippen molar-refractivity contribution in [3.63, 3.8) is 0 Å². The Labute approximate surface area is 204 Å². The number of hydrogen-bond donors (Lipinski definition) is 2. The number of nitrogens with zero attached hydrogens (tertiary/aromatic N) is 2. The first kappa shape index (κ1) is 26.2. The van der Waals surface area contributed by atoms with E-state index in [0.29, 0.717) is 25.3 Å². The van der Waals surface area contributed by atoms with Crippen molar-refractivity contribution in [2.24, 2.45) is 11.3 Å². The van der Waals surface area contributed by atoms with Crippen LogP contribution in [0.1, 0.15) is 78.3 Å². The molecule has 3 rings (SSSR count). The van der Waals surface area contributed by atoms with Crippen LogP contribution in [0.3, 0.4) is 0 Å². The molecule has 1 aliphatic heterocycles. The second-order valence-corrected chi connectivity index (χ2v) is 10.5. The average molecular weight is 471 g/mol. The lowest BCUT2D eigenvalue weighted by Crippen LogP contribution is -2.51. The van der Waals surface area contributed by atoms with E-state index in [1.165, 1.54) is 0 Å². The van der Waals surface area contributed by atoms with Gasteiger partial charge in [-0.05, 0) is 55.7 Å². The summed E-state index contributed by atoms with van der Waals surface area (Å²) in [6.45, 7) is 12.9. The number of likely N-dealkylation sites (N-methyl/N-ethyl adjacent to an activating group) is 1. The highest BCUT2D eigenvalue weighted by atomic mass is 16.2. The van der Waals surface area contributed by atoms with Gasteiger partial charge >= 0.3 is 6.03 Å². The Balaban J connectivity index is 1.60. The summed E-state index contributed by atoms with van der Waals surface area (Å²) in [5.74, 6) is -0.0154. The molecule has 7 heteroatoms. The molecule has 0 bridgehead atoms. The second kappa shape index (κ2) is 10.9. The smallest absolute Gasteiger partial charge is 0.325 e. The van der Waals surface area contributed by atoms with Crippen LogP contribution in [0, 0.1) is 11.3 Å². The molecule has 0 radical (unpaired) electrons. The van der Waals surface area contributed by atoms with Crippen LogP contribution in [0.2, 0.25) is 0 Å². The largest absolute Gasteiger partial charge is 0.353 e. The van der Waals surface area contributed by atoms with Gasteiger partial charge in [0.15, 0.2) is 0 Å². The molecule has 1 aliphatic carbocycles. The van der Waals surface area contributed by atoms with E-state index in [-0.39, 0.29) is 29.8 Å². The number of urea groups is 1. The quantitative estimate of drug-likeness (QED) is 0.505. The molecular weight excluding hydrogens is 428 g/mol. The van der Waals surface area contributed by atoms with Gasteiger partial charge in [-0.3, -0.25) is 19.4 Å². The Morgan fingerprint density at radius 3 is 2.32 bits per heavy atom. The molecule has 1 saturated carbocycles. The number of imide groups is 1. The van der Waals surface area contributed by atoms with E-state index in [1.54, 1.807) is 0 Å². The van der Waals surface area contributed by atoms with Gasteiger partial charge in [-0.2, -0.15) is 0 Å². The molecule has 2 aliphatic rings. The Morgan fingerprint density at radius 2 is 1.76 bits per heavy atom. The van der Waals surface area contributed by atoms with Crippen molar-refractivity contribution in [1.82, 2.24) is 20.4 Å². The highest BCUT2D eigenvalue weighted by Gasteiger charge is 2.53. The first-order valence-electron chi connectivity index (χ1n) is 12.9. The van der Waals surface area contributed by atoms with E-state index in [0.717, 1.165) is 42.8 Å². The van der Waals surface area contributed by atoms with E-state index in [4.69, 9.17) is 0 Å². The fourth-order valence-electron chi connectivity index (χ4n) is 5.55. The first-order valence-corrected chi connectivity index (χ1v) is 12.9. The number of rotatable bonds is 10. The topological polar surface area (TPSA) is 81.8 Å². The maximum absolute atomic E-state index is 13.3. The third-order valence-electron chi connectivity index (χ3n) is 8.33.